The van der Waals surface area contributed by atoms with Crippen LogP contribution in [0.1, 0.15) is 18.4 Å². The topological polar surface area (TPSA) is 56.7 Å². The van der Waals surface area contributed by atoms with Gasteiger partial charge in [-0.15, -0.1) is 0 Å². The molecule has 1 aromatic heterocycles. The van der Waals surface area contributed by atoms with Crippen LogP contribution in [0.3, 0.4) is 0 Å². The van der Waals surface area contributed by atoms with E-state index < -0.39 is 6.10 Å². The number of likely N-dealkylation sites (tertiary alicyclic amines) is 2. The fourth-order valence-corrected chi connectivity index (χ4v) is 4.36. The Balaban J connectivity index is 1.44. The first-order valence-electron chi connectivity index (χ1n) is 9.60. The van der Waals surface area contributed by atoms with Crippen LogP contribution in [0, 0.1) is 11.8 Å². The molecule has 0 saturated carbocycles. The van der Waals surface area contributed by atoms with E-state index in [1.54, 1.807) is 0 Å². The van der Waals surface area contributed by atoms with Crippen LogP contribution in [-0.2, 0) is 11.2 Å². The second kappa shape index (κ2) is 7.33. The predicted molar refractivity (Wildman–Crippen MR) is 102 cm³/mol. The molecule has 2 aromatic rings. The van der Waals surface area contributed by atoms with Gasteiger partial charge in [0.2, 0.25) is 5.91 Å². The number of aromatic nitrogens is 1. The number of aliphatic hydroxyl groups is 1. The molecule has 0 bridgehead atoms. The van der Waals surface area contributed by atoms with Crippen molar-refractivity contribution in [1.82, 2.24) is 14.8 Å². The number of hydrogen-bond donors (Lipinski definition) is 1. The van der Waals surface area contributed by atoms with Crippen LogP contribution < -0.4 is 0 Å². The molecule has 2 aliphatic rings. The number of amides is 1. The summed E-state index contributed by atoms with van der Waals surface area (Å²) in [5.41, 5.74) is 2.19. The Kier molecular flexibility index (Phi) is 4.92. The van der Waals surface area contributed by atoms with E-state index in [4.69, 9.17) is 0 Å². The van der Waals surface area contributed by atoms with Crippen molar-refractivity contribution in [3.63, 3.8) is 0 Å². The molecule has 2 saturated heterocycles. The highest BCUT2D eigenvalue weighted by atomic mass is 16.3. The lowest BCUT2D eigenvalue weighted by Gasteiger charge is -2.30. The molecule has 5 nitrogen and oxygen atoms in total. The van der Waals surface area contributed by atoms with Crippen molar-refractivity contribution >= 4 is 16.8 Å². The zero-order valence-corrected chi connectivity index (χ0v) is 15.3. The summed E-state index contributed by atoms with van der Waals surface area (Å²) in [6, 6.07) is 10.1. The van der Waals surface area contributed by atoms with Gasteiger partial charge in [0.1, 0.15) is 0 Å². The summed E-state index contributed by atoms with van der Waals surface area (Å²) in [5, 5.41) is 11.7. The lowest BCUT2D eigenvalue weighted by Crippen LogP contribution is -2.41. The van der Waals surface area contributed by atoms with Crippen molar-refractivity contribution in [2.75, 3.05) is 33.2 Å². The summed E-state index contributed by atoms with van der Waals surface area (Å²) in [6.07, 6.45) is 4.03. The molecule has 3 heterocycles. The van der Waals surface area contributed by atoms with Gasteiger partial charge in [0, 0.05) is 36.5 Å². The molecule has 26 heavy (non-hydrogen) atoms. The van der Waals surface area contributed by atoms with Gasteiger partial charge < -0.3 is 14.9 Å². The zero-order chi connectivity index (χ0) is 18.1. The Hall–Kier alpha value is -1.98. The van der Waals surface area contributed by atoms with Gasteiger partial charge in [0.05, 0.1) is 11.6 Å². The summed E-state index contributed by atoms with van der Waals surface area (Å²) in [7, 11) is 2.11. The first kappa shape index (κ1) is 17.4. The molecule has 2 aliphatic heterocycles. The van der Waals surface area contributed by atoms with Gasteiger partial charge in [-0.1, -0.05) is 18.2 Å². The van der Waals surface area contributed by atoms with Crippen LogP contribution in [0.2, 0.25) is 0 Å². The average molecular weight is 353 g/mol. The first-order chi connectivity index (χ1) is 12.6. The van der Waals surface area contributed by atoms with E-state index in [9.17, 15) is 9.90 Å². The minimum atomic E-state index is -0.447. The van der Waals surface area contributed by atoms with Crippen LogP contribution in [0.5, 0.6) is 0 Å². The molecule has 138 valence electrons. The van der Waals surface area contributed by atoms with E-state index in [-0.39, 0.29) is 17.7 Å². The average Bonchev–Trinajstić information content (AvgIpc) is 3.03. The van der Waals surface area contributed by atoms with Crippen molar-refractivity contribution in [1.29, 1.82) is 0 Å². The highest BCUT2D eigenvalue weighted by molar-refractivity contribution is 5.82. The van der Waals surface area contributed by atoms with E-state index in [2.05, 4.69) is 23.0 Å². The Morgan fingerprint density at radius 2 is 1.96 bits per heavy atom. The van der Waals surface area contributed by atoms with E-state index in [0.29, 0.717) is 13.1 Å². The van der Waals surface area contributed by atoms with Crippen molar-refractivity contribution in [3.8, 4) is 0 Å². The quantitative estimate of drug-likeness (QED) is 0.916. The summed E-state index contributed by atoms with van der Waals surface area (Å²) < 4.78 is 0. The van der Waals surface area contributed by atoms with Gasteiger partial charge in [-0.3, -0.25) is 9.78 Å². The fourth-order valence-electron chi connectivity index (χ4n) is 4.36. The minimum Gasteiger partial charge on any atom is -0.391 e. The molecule has 0 radical (unpaired) electrons. The number of β-amino-alcohol motifs (C(OH)–C–C–N with tert-alkyl or cyclic N) is 1. The number of carbonyl (C=O) groups is 1. The molecule has 1 amide bonds. The monoisotopic (exact) mass is 353 g/mol. The largest absolute Gasteiger partial charge is 0.391 e. The Bertz CT molecular complexity index is 780. The number of pyridine rings is 1. The van der Waals surface area contributed by atoms with Gasteiger partial charge in [-0.05, 0) is 57.1 Å². The molecular formula is C21H27N3O2. The lowest BCUT2D eigenvalue weighted by molar-refractivity contribution is -0.136. The van der Waals surface area contributed by atoms with Gasteiger partial charge in [0.15, 0.2) is 0 Å². The smallest absolute Gasteiger partial charge is 0.225 e. The van der Waals surface area contributed by atoms with E-state index in [1.165, 1.54) is 5.56 Å². The highest BCUT2D eigenvalue weighted by Gasteiger charge is 2.37. The molecule has 1 aromatic carbocycles. The molecule has 2 fully saturated rings. The Morgan fingerprint density at radius 1 is 1.19 bits per heavy atom. The third-order valence-electron chi connectivity index (χ3n) is 6.01. The van der Waals surface area contributed by atoms with Crippen molar-refractivity contribution in [3.05, 3.63) is 42.1 Å². The molecule has 0 spiro atoms. The van der Waals surface area contributed by atoms with Crippen LogP contribution in [-0.4, -0.2) is 65.1 Å². The van der Waals surface area contributed by atoms with Crippen molar-refractivity contribution in [2.45, 2.75) is 25.4 Å². The number of nitrogens with zero attached hydrogens (tertiary/aromatic N) is 3. The van der Waals surface area contributed by atoms with Gasteiger partial charge in [-0.25, -0.2) is 0 Å². The van der Waals surface area contributed by atoms with Gasteiger partial charge in [-0.2, -0.15) is 0 Å². The maximum atomic E-state index is 12.8. The summed E-state index contributed by atoms with van der Waals surface area (Å²) in [6.45, 7) is 3.10. The maximum absolute atomic E-state index is 12.8. The highest BCUT2D eigenvalue weighted by Crippen LogP contribution is 2.28. The minimum absolute atomic E-state index is 0.0935. The number of carbonyl (C=O) groups excluding carboxylic acids is 1. The SMILES string of the molecule is CN1CCC(C(=O)N2CC(O)C(Cc3ccnc4ccccc34)C2)CC1. The number of fused-ring (bicyclic) bond motifs is 1. The van der Waals surface area contributed by atoms with Crippen LogP contribution in [0.15, 0.2) is 36.5 Å². The van der Waals surface area contributed by atoms with Crippen LogP contribution in [0.4, 0.5) is 0 Å². The second-order valence-electron chi connectivity index (χ2n) is 7.84. The number of rotatable bonds is 3. The fraction of sp³-hybridized carbons (Fsp3) is 0.524. The van der Waals surface area contributed by atoms with Crippen LogP contribution >= 0.6 is 0 Å². The maximum Gasteiger partial charge on any atom is 0.225 e. The van der Waals surface area contributed by atoms with Crippen molar-refractivity contribution in [2.24, 2.45) is 11.8 Å². The van der Waals surface area contributed by atoms with E-state index >= 15 is 0 Å². The normalized spacial score (nSPS) is 25.1. The third kappa shape index (κ3) is 3.46. The molecule has 1 N–H and O–H groups in total. The zero-order valence-electron chi connectivity index (χ0n) is 15.3. The van der Waals surface area contributed by atoms with E-state index in [1.807, 2.05) is 35.4 Å². The Labute approximate surface area is 154 Å². The summed E-state index contributed by atoms with van der Waals surface area (Å²) >= 11 is 0. The molecule has 4 rings (SSSR count). The number of piperidine rings is 1. The van der Waals surface area contributed by atoms with Gasteiger partial charge >= 0.3 is 0 Å². The molecule has 5 heteroatoms. The van der Waals surface area contributed by atoms with Crippen LogP contribution in [0.25, 0.3) is 10.9 Å². The standard InChI is InChI=1S/C21H27N3O2/c1-23-10-7-15(8-11-23)21(26)24-13-17(20(25)14-24)12-16-6-9-22-19-5-3-2-4-18(16)19/h2-6,9,15,17,20,25H,7-8,10-14H2,1H3. The number of para-hydroxylation sites is 1. The molecular weight excluding hydrogens is 326 g/mol. The number of aliphatic hydroxyl groups excluding tert-OH is 1. The summed E-state index contributed by atoms with van der Waals surface area (Å²) in [4.78, 5) is 21.4. The predicted octanol–water partition coefficient (Wildman–Crippen LogP) is 1.94. The first-order valence-corrected chi connectivity index (χ1v) is 9.60. The molecule has 2 unspecified atom stereocenters. The second-order valence-corrected chi connectivity index (χ2v) is 7.84. The molecule has 0 aliphatic carbocycles. The van der Waals surface area contributed by atoms with E-state index in [0.717, 1.165) is 43.3 Å². The number of benzene rings is 1. The molecule has 2 atom stereocenters. The lowest BCUT2D eigenvalue weighted by atomic mass is 9.94. The summed E-state index contributed by atoms with van der Waals surface area (Å²) in [5.74, 6) is 0.453. The third-order valence-corrected chi connectivity index (χ3v) is 6.01. The van der Waals surface area contributed by atoms with Crippen molar-refractivity contribution < 1.29 is 9.90 Å². The number of hydrogen-bond acceptors (Lipinski definition) is 4. The Morgan fingerprint density at radius 3 is 2.77 bits per heavy atom. The van der Waals surface area contributed by atoms with Gasteiger partial charge in [0.25, 0.3) is 0 Å².